The SMILES string of the molecule is Cc1cc2c(F)c(C[C@H](C=O)N(C)CC[C@H](C)C=O)ccc2c(N)n1. The lowest BCUT2D eigenvalue weighted by Gasteiger charge is -2.24. The zero-order valence-corrected chi connectivity index (χ0v) is 14.8. The molecule has 0 aliphatic heterocycles. The smallest absolute Gasteiger partial charge is 0.137 e. The van der Waals surface area contributed by atoms with E-state index in [9.17, 15) is 14.0 Å². The van der Waals surface area contributed by atoms with Gasteiger partial charge < -0.3 is 15.3 Å². The monoisotopic (exact) mass is 345 g/mol. The molecule has 1 aromatic heterocycles. The van der Waals surface area contributed by atoms with Crippen LogP contribution in [0.1, 0.15) is 24.6 Å². The number of carbonyl (C=O) groups is 2. The maximum Gasteiger partial charge on any atom is 0.137 e. The second kappa shape index (κ2) is 8.16. The number of halogens is 1. The highest BCUT2D eigenvalue weighted by Gasteiger charge is 2.19. The molecule has 6 heteroatoms. The number of fused-ring (bicyclic) bond motifs is 1. The molecule has 1 aromatic carbocycles. The maximum atomic E-state index is 14.9. The van der Waals surface area contributed by atoms with Gasteiger partial charge in [0.1, 0.15) is 24.2 Å². The molecule has 0 unspecified atom stereocenters. The second-order valence-electron chi connectivity index (χ2n) is 6.57. The molecule has 0 radical (unpaired) electrons. The van der Waals surface area contributed by atoms with Crippen LogP contribution in [0.15, 0.2) is 18.2 Å². The van der Waals surface area contributed by atoms with E-state index in [-0.39, 0.29) is 18.2 Å². The van der Waals surface area contributed by atoms with E-state index in [1.807, 2.05) is 18.9 Å². The van der Waals surface area contributed by atoms with Gasteiger partial charge in [-0.05, 0) is 45.0 Å². The van der Waals surface area contributed by atoms with Crippen molar-refractivity contribution in [3.63, 3.8) is 0 Å². The Morgan fingerprint density at radius 2 is 2.00 bits per heavy atom. The third-order valence-corrected chi connectivity index (χ3v) is 4.51. The van der Waals surface area contributed by atoms with Gasteiger partial charge in [0.2, 0.25) is 0 Å². The number of hydrogen-bond donors (Lipinski definition) is 1. The lowest BCUT2D eigenvalue weighted by molar-refractivity contribution is -0.112. The summed E-state index contributed by atoms with van der Waals surface area (Å²) in [5, 5.41) is 0.993. The molecule has 0 saturated carbocycles. The number of nitrogens with zero attached hydrogens (tertiary/aromatic N) is 2. The number of anilines is 1. The van der Waals surface area contributed by atoms with Gasteiger partial charge in [-0.15, -0.1) is 0 Å². The number of nitrogens with two attached hydrogens (primary N) is 1. The predicted octanol–water partition coefficient (Wildman–Crippen LogP) is 2.53. The van der Waals surface area contributed by atoms with E-state index < -0.39 is 6.04 Å². The molecule has 2 aromatic rings. The molecular formula is C19H24FN3O2. The van der Waals surface area contributed by atoms with Crippen LogP contribution in [0.5, 0.6) is 0 Å². The minimum atomic E-state index is -0.453. The highest BCUT2D eigenvalue weighted by Crippen LogP contribution is 2.26. The molecule has 0 spiro atoms. The zero-order chi connectivity index (χ0) is 18.6. The van der Waals surface area contributed by atoms with Gasteiger partial charge in [-0.3, -0.25) is 4.90 Å². The van der Waals surface area contributed by atoms with Gasteiger partial charge in [-0.1, -0.05) is 19.1 Å². The number of benzene rings is 1. The van der Waals surface area contributed by atoms with E-state index in [2.05, 4.69) is 4.98 Å². The van der Waals surface area contributed by atoms with Crippen LogP contribution < -0.4 is 5.73 Å². The van der Waals surface area contributed by atoms with Crippen LogP contribution in [0, 0.1) is 18.7 Å². The van der Waals surface area contributed by atoms with Crippen molar-refractivity contribution in [2.45, 2.75) is 32.7 Å². The van der Waals surface area contributed by atoms with E-state index >= 15 is 0 Å². The fourth-order valence-corrected chi connectivity index (χ4v) is 2.83. The number of rotatable bonds is 8. The van der Waals surface area contributed by atoms with Crippen LogP contribution in [0.4, 0.5) is 10.2 Å². The summed E-state index contributed by atoms with van der Waals surface area (Å²) >= 11 is 0. The average Bonchev–Trinajstić information content (AvgIpc) is 2.59. The molecule has 2 rings (SSSR count). The normalized spacial score (nSPS) is 13.8. The fourth-order valence-electron chi connectivity index (χ4n) is 2.83. The van der Waals surface area contributed by atoms with E-state index in [0.717, 1.165) is 12.6 Å². The second-order valence-corrected chi connectivity index (χ2v) is 6.57. The zero-order valence-electron chi connectivity index (χ0n) is 14.8. The van der Waals surface area contributed by atoms with Crippen LogP contribution in [-0.4, -0.2) is 42.1 Å². The van der Waals surface area contributed by atoms with Crippen molar-refractivity contribution in [1.82, 2.24) is 9.88 Å². The Morgan fingerprint density at radius 3 is 2.64 bits per heavy atom. The van der Waals surface area contributed by atoms with Crippen LogP contribution in [0.3, 0.4) is 0 Å². The molecule has 0 aliphatic carbocycles. The summed E-state index contributed by atoms with van der Waals surface area (Å²) < 4.78 is 14.9. The van der Waals surface area contributed by atoms with Gasteiger partial charge in [0, 0.05) is 22.4 Å². The van der Waals surface area contributed by atoms with Gasteiger partial charge in [-0.2, -0.15) is 0 Å². The van der Waals surface area contributed by atoms with E-state index in [1.54, 1.807) is 25.1 Å². The topological polar surface area (TPSA) is 76.3 Å². The molecule has 2 N–H and O–H groups in total. The summed E-state index contributed by atoms with van der Waals surface area (Å²) in [5.41, 5.74) is 6.97. The van der Waals surface area contributed by atoms with Crippen molar-refractivity contribution >= 4 is 29.2 Å². The molecule has 0 amide bonds. The maximum absolute atomic E-state index is 14.9. The number of carbonyl (C=O) groups excluding carboxylic acids is 2. The van der Waals surface area contributed by atoms with Crippen LogP contribution in [-0.2, 0) is 16.0 Å². The molecule has 2 atom stereocenters. The van der Waals surface area contributed by atoms with Crippen molar-refractivity contribution in [3.05, 3.63) is 35.3 Å². The Balaban J connectivity index is 2.24. The Morgan fingerprint density at radius 1 is 1.28 bits per heavy atom. The van der Waals surface area contributed by atoms with E-state index in [4.69, 9.17) is 5.73 Å². The number of pyridine rings is 1. The summed E-state index contributed by atoms with van der Waals surface area (Å²) in [4.78, 5) is 28.2. The fraction of sp³-hybridized carbons (Fsp3) is 0.421. The van der Waals surface area contributed by atoms with Crippen LogP contribution in [0.2, 0.25) is 0 Å². The van der Waals surface area contributed by atoms with Crippen molar-refractivity contribution in [2.75, 3.05) is 19.3 Å². The van der Waals surface area contributed by atoms with Crippen molar-refractivity contribution < 1.29 is 14.0 Å². The molecule has 0 fully saturated rings. The third-order valence-electron chi connectivity index (χ3n) is 4.51. The van der Waals surface area contributed by atoms with Crippen LogP contribution >= 0.6 is 0 Å². The summed E-state index contributed by atoms with van der Waals surface area (Å²) in [6.45, 7) is 4.19. The number of hydrogen-bond acceptors (Lipinski definition) is 5. The predicted molar refractivity (Wildman–Crippen MR) is 96.9 cm³/mol. The first-order valence-corrected chi connectivity index (χ1v) is 8.32. The summed E-state index contributed by atoms with van der Waals surface area (Å²) in [6.07, 6.45) is 2.64. The average molecular weight is 345 g/mol. The molecule has 134 valence electrons. The molecule has 0 saturated heterocycles. The lowest BCUT2D eigenvalue weighted by atomic mass is 10.00. The number of likely N-dealkylation sites (N-methyl/N-ethyl adjacent to an activating group) is 1. The molecule has 5 nitrogen and oxygen atoms in total. The first kappa shape index (κ1) is 19.0. The van der Waals surface area contributed by atoms with E-state index in [1.165, 1.54) is 0 Å². The Bertz CT molecular complexity index is 779. The number of aromatic nitrogens is 1. The Hall–Kier alpha value is -2.34. The van der Waals surface area contributed by atoms with Gasteiger partial charge in [0.15, 0.2) is 0 Å². The number of aryl methyl sites for hydroxylation is 1. The van der Waals surface area contributed by atoms with Gasteiger partial charge in [0.05, 0.1) is 6.04 Å². The van der Waals surface area contributed by atoms with Crippen molar-refractivity contribution in [1.29, 1.82) is 0 Å². The minimum Gasteiger partial charge on any atom is -0.383 e. The summed E-state index contributed by atoms with van der Waals surface area (Å²) in [7, 11) is 1.81. The minimum absolute atomic E-state index is 0.0643. The van der Waals surface area contributed by atoms with Gasteiger partial charge in [-0.25, -0.2) is 9.37 Å². The molecular weight excluding hydrogens is 321 g/mol. The largest absolute Gasteiger partial charge is 0.383 e. The van der Waals surface area contributed by atoms with Crippen molar-refractivity contribution in [3.8, 4) is 0 Å². The lowest BCUT2D eigenvalue weighted by Crippen LogP contribution is -2.36. The molecule has 0 bridgehead atoms. The van der Waals surface area contributed by atoms with Gasteiger partial charge >= 0.3 is 0 Å². The standard InChI is InChI=1S/C19H24FN3O2/c1-12(10-24)6-7-23(3)15(11-25)9-14-4-5-16-17(18(14)20)8-13(2)22-19(16)21/h4-5,8,10-12,15H,6-7,9H2,1-3H3,(H2,21,22)/t12-,15+/m0/s1. The Labute approximate surface area is 147 Å². The number of aldehydes is 2. The summed E-state index contributed by atoms with van der Waals surface area (Å²) in [6, 6.07) is 4.61. The third kappa shape index (κ3) is 4.39. The first-order chi connectivity index (χ1) is 11.9. The van der Waals surface area contributed by atoms with Crippen LogP contribution in [0.25, 0.3) is 10.8 Å². The summed E-state index contributed by atoms with van der Waals surface area (Å²) in [5.74, 6) is -0.130. The van der Waals surface area contributed by atoms with Crippen molar-refractivity contribution in [2.24, 2.45) is 5.92 Å². The molecule has 1 heterocycles. The first-order valence-electron chi connectivity index (χ1n) is 8.32. The van der Waals surface area contributed by atoms with E-state index in [0.29, 0.717) is 40.8 Å². The molecule has 25 heavy (non-hydrogen) atoms. The Kier molecular flexibility index (Phi) is 6.20. The molecule has 0 aliphatic rings. The van der Waals surface area contributed by atoms with Gasteiger partial charge in [0.25, 0.3) is 0 Å². The highest BCUT2D eigenvalue weighted by atomic mass is 19.1. The highest BCUT2D eigenvalue weighted by molar-refractivity contribution is 5.92. The quantitative estimate of drug-likeness (QED) is 0.744. The number of nitrogen functional groups attached to an aromatic ring is 1.